The normalized spacial score (nSPS) is 10.5. The van der Waals surface area contributed by atoms with Crippen molar-refractivity contribution in [3.8, 4) is 11.5 Å². The molecule has 0 heterocycles. The molecule has 0 aromatic heterocycles. The summed E-state index contributed by atoms with van der Waals surface area (Å²) in [5, 5.41) is 0.667. The van der Waals surface area contributed by atoms with Gasteiger partial charge in [-0.2, -0.15) is 0 Å². The molecule has 2 nitrogen and oxygen atoms in total. The minimum absolute atomic E-state index is 0.588. The predicted molar refractivity (Wildman–Crippen MR) is 80.2 cm³/mol. The molecule has 0 saturated carbocycles. The molecule has 2 aromatic carbocycles. The summed E-state index contributed by atoms with van der Waals surface area (Å²) >= 11 is 6.04. The van der Waals surface area contributed by atoms with E-state index in [2.05, 4.69) is 13.0 Å². The molecule has 0 aliphatic carbocycles. The lowest BCUT2D eigenvalue weighted by atomic mass is 10.1. The van der Waals surface area contributed by atoms with Crippen molar-refractivity contribution in [2.24, 2.45) is 5.73 Å². The van der Waals surface area contributed by atoms with Crippen LogP contribution >= 0.6 is 11.6 Å². The standard InChI is InChI=1S/C16H18ClNO/c1-11-3-6-15(12(2)9-11)19-16-10-14(17)5-4-13(16)7-8-18/h3-6,9-10H,7-8,18H2,1-2H3. The summed E-state index contributed by atoms with van der Waals surface area (Å²) in [7, 11) is 0. The highest BCUT2D eigenvalue weighted by Crippen LogP contribution is 2.30. The molecule has 0 aliphatic rings. The van der Waals surface area contributed by atoms with E-state index in [-0.39, 0.29) is 0 Å². The molecule has 0 radical (unpaired) electrons. The average Bonchev–Trinajstić information content (AvgIpc) is 2.36. The largest absolute Gasteiger partial charge is 0.457 e. The topological polar surface area (TPSA) is 35.2 Å². The minimum atomic E-state index is 0.588. The van der Waals surface area contributed by atoms with Crippen molar-refractivity contribution >= 4 is 11.6 Å². The van der Waals surface area contributed by atoms with Crippen molar-refractivity contribution in [1.82, 2.24) is 0 Å². The van der Waals surface area contributed by atoms with Crippen LogP contribution in [-0.4, -0.2) is 6.54 Å². The van der Waals surface area contributed by atoms with Crippen LogP contribution in [0.3, 0.4) is 0 Å². The van der Waals surface area contributed by atoms with Crippen LogP contribution in [0.15, 0.2) is 36.4 Å². The van der Waals surface area contributed by atoms with Gasteiger partial charge in [-0.05, 0) is 56.1 Å². The molecule has 0 fully saturated rings. The lowest BCUT2D eigenvalue weighted by Gasteiger charge is -2.13. The first-order valence-electron chi connectivity index (χ1n) is 6.34. The lowest BCUT2D eigenvalue weighted by molar-refractivity contribution is 0.472. The van der Waals surface area contributed by atoms with Crippen LogP contribution in [0.5, 0.6) is 11.5 Å². The van der Waals surface area contributed by atoms with Crippen molar-refractivity contribution < 1.29 is 4.74 Å². The van der Waals surface area contributed by atoms with E-state index in [9.17, 15) is 0 Å². The summed E-state index contributed by atoms with van der Waals surface area (Å²) in [5.41, 5.74) is 9.03. The Morgan fingerprint density at radius 2 is 1.84 bits per heavy atom. The van der Waals surface area contributed by atoms with Gasteiger partial charge in [-0.1, -0.05) is 35.4 Å². The lowest BCUT2D eigenvalue weighted by Crippen LogP contribution is -2.04. The van der Waals surface area contributed by atoms with Crippen molar-refractivity contribution in [1.29, 1.82) is 0 Å². The van der Waals surface area contributed by atoms with Gasteiger partial charge < -0.3 is 10.5 Å². The quantitative estimate of drug-likeness (QED) is 0.905. The van der Waals surface area contributed by atoms with E-state index in [1.807, 2.05) is 37.3 Å². The van der Waals surface area contributed by atoms with Crippen LogP contribution in [0, 0.1) is 13.8 Å². The molecule has 0 spiro atoms. The molecular weight excluding hydrogens is 258 g/mol. The molecule has 0 aliphatic heterocycles. The third kappa shape index (κ3) is 3.49. The van der Waals surface area contributed by atoms with Crippen molar-refractivity contribution in [3.05, 3.63) is 58.1 Å². The molecule has 0 atom stereocenters. The van der Waals surface area contributed by atoms with Crippen LogP contribution in [0.1, 0.15) is 16.7 Å². The van der Waals surface area contributed by atoms with Crippen molar-refractivity contribution in [2.75, 3.05) is 6.54 Å². The van der Waals surface area contributed by atoms with E-state index >= 15 is 0 Å². The van der Waals surface area contributed by atoms with E-state index in [1.165, 1.54) is 5.56 Å². The highest BCUT2D eigenvalue weighted by molar-refractivity contribution is 6.30. The Bertz CT molecular complexity index is 581. The van der Waals surface area contributed by atoms with Gasteiger partial charge in [0.2, 0.25) is 0 Å². The number of halogens is 1. The van der Waals surface area contributed by atoms with Gasteiger partial charge in [0.15, 0.2) is 0 Å². The fourth-order valence-electron chi connectivity index (χ4n) is 2.02. The molecule has 0 unspecified atom stereocenters. The Kier molecular flexibility index (Phi) is 4.46. The first-order valence-corrected chi connectivity index (χ1v) is 6.71. The van der Waals surface area contributed by atoms with Gasteiger partial charge in [-0.3, -0.25) is 0 Å². The van der Waals surface area contributed by atoms with Gasteiger partial charge in [0.05, 0.1) is 0 Å². The SMILES string of the molecule is Cc1ccc(Oc2cc(Cl)ccc2CCN)c(C)c1. The van der Waals surface area contributed by atoms with E-state index in [1.54, 1.807) is 0 Å². The third-order valence-electron chi connectivity index (χ3n) is 2.99. The summed E-state index contributed by atoms with van der Waals surface area (Å²) in [6.07, 6.45) is 0.775. The fourth-order valence-corrected chi connectivity index (χ4v) is 2.18. The number of hydrogen-bond donors (Lipinski definition) is 1. The third-order valence-corrected chi connectivity index (χ3v) is 3.23. The first-order chi connectivity index (χ1) is 9.10. The highest BCUT2D eigenvalue weighted by atomic mass is 35.5. The Labute approximate surface area is 119 Å². The Morgan fingerprint density at radius 3 is 2.53 bits per heavy atom. The summed E-state index contributed by atoms with van der Waals surface area (Å²) < 4.78 is 5.99. The van der Waals surface area contributed by atoms with Crippen LogP contribution in [0.2, 0.25) is 5.02 Å². The van der Waals surface area contributed by atoms with Crippen LogP contribution in [-0.2, 0) is 6.42 Å². The maximum Gasteiger partial charge on any atom is 0.132 e. The van der Waals surface area contributed by atoms with Crippen LogP contribution in [0.4, 0.5) is 0 Å². The summed E-state index contributed by atoms with van der Waals surface area (Å²) in [4.78, 5) is 0. The minimum Gasteiger partial charge on any atom is -0.457 e. The predicted octanol–water partition coefficient (Wildman–Crippen LogP) is 4.25. The second-order valence-corrected chi connectivity index (χ2v) is 5.10. The van der Waals surface area contributed by atoms with Gasteiger partial charge in [0.1, 0.15) is 11.5 Å². The second-order valence-electron chi connectivity index (χ2n) is 4.66. The van der Waals surface area contributed by atoms with Crippen molar-refractivity contribution in [2.45, 2.75) is 20.3 Å². The van der Waals surface area contributed by atoms with Crippen LogP contribution in [0.25, 0.3) is 0 Å². The molecule has 3 heteroatoms. The summed E-state index contributed by atoms with van der Waals surface area (Å²) in [6.45, 7) is 4.69. The van der Waals surface area contributed by atoms with E-state index in [4.69, 9.17) is 22.1 Å². The Balaban J connectivity index is 2.33. The number of rotatable bonds is 4. The van der Waals surface area contributed by atoms with Gasteiger partial charge >= 0.3 is 0 Å². The van der Waals surface area contributed by atoms with Gasteiger partial charge in [-0.15, -0.1) is 0 Å². The van der Waals surface area contributed by atoms with Crippen molar-refractivity contribution in [3.63, 3.8) is 0 Å². The first kappa shape index (κ1) is 13.9. The maximum absolute atomic E-state index is 6.04. The molecule has 19 heavy (non-hydrogen) atoms. The zero-order chi connectivity index (χ0) is 13.8. The van der Waals surface area contributed by atoms with E-state index in [0.717, 1.165) is 29.0 Å². The number of hydrogen-bond acceptors (Lipinski definition) is 2. The number of benzene rings is 2. The van der Waals surface area contributed by atoms with Gasteiger partial charge in [0.25, 0.3) is 0 Å². The van der Waals surface area contributed by atoms with Crippen LogP contribution < -0.4 is 10.5 Å². The summed E-state index contributed by atoms with van der Waals surface area (Å²) in [5.74, 6) is 1.64. The zero-order valence-corrected chi connectivity index (χ0v) is 12.0. The zero-order valence-electron chi connectivity index (χ0n) is 11.2. The Hall–Kier alpha value is -1.51. The highest BCUT2D eigenvalue weighted by Gasteiger charge is 2.07. The molecule has 0 bridgehead atoms. The molecule has 2 aromatic rings. The average molecular weight is 276 g/mol. The number of nitrogens with two attached hydrogens (primary N) is 1. The number of aryl methyl sites for hydroxylation is 2. The Morgan fingerprint density at radius 1 is 1.05 bits per heavy atom. The molecule has 0 saturated heterocycles. The van der Waals surface area contributed by atoms with E-state index in [0.29, 0.717) is 11.6 Å². The van der Waals surface area contributed by atoms with Gasteiger partial charge in [-0.25, -0.2) is 0 Å². The van der Waals surface area contributed by atoms with E-state index < -0.39 is 0 Å². The fraction of sp³-hybridized carbons (Fsp3) is 0.250. The second kappa shape index (κ2) is 6.09. The molecule has 0 amide bonds. The summed E-state index contributed by atoms with van der Waals surface area (Å²) in [6, 6.07) is 11.8. The maximum atomic E-state index is 6.04. The smallest absolute Gasteiger partial charge is 0.132 e. The molecular formula is C16H18ClNO. The molecule has 100 valence electrons. The van der Waals surface area contributed by atoms with Gasteiger partial charge in [0, 0.05) is 5.02 Å². The molecule has 2 rings (SSSR count). The number of ether oxygens (including phenoxy) is 1. The molecule has 2 N–H and O–H groups in total. The monoisotopic (exact) mass is 275 g/mol.